The first-order valence-corrected chi connectivity index (χ1v) is 8.36. The fraction of sp³-hybridized carbons (Fsp3) is 0.786. The minimum absolute atomic E-state index is 0.000431. The number of hydrogen-bond acceptors (Lipinski definition) is 5. The quantitative estimate of drug-likeness (QED) is 0.772. The van der Waals surface area contributed by atoms with Gasteiger partial charge in [-0.05, 0) is 33.1 Å². The highest BCUT2D eigenvalue weighted by Crippen LogP contribution is 2.47. The summed E-state index contributed by atoms with van der Waals surface area (Å²) < 4.78 is 5.27. The van der Waals surface area contributed by atoms with Gasteiger partial charge in [0.05, 0.1) is 4.87 Å². The van der Waals surface area contributed by atoms with Crippen LogP contribution in [0.3, 0.4) is 0 Å². The molecule has 3 atom stereocenters. The molecule has 0 spiro atoms. The molecule has 7 heteroatoms. The van der Waals surface area contributed by atoms with E-state index in [0.29, 0.717) is 12.2 Å². The number of esters is 1. The van der Waals surface area contributed by atoms with Crippen LogP contribution in [-0.2, 0) is 19.1 Å². The monoisotopic (exact) mass is 312 g/mol. The number of amides is 2. The van der Waals surface area contributed by atoms with Crippen LogP contribution in [0.25, 0.3) is 0 Å². The van der Waals surface area contributed by atoms with Crippen molar-refractivity contribution in [3.8, 4) is 0 Å². The third-order valence-corrected chi connectivity index (χ3v) is 5.81. The summed E-state index contributed by atoms with van der Waals surface area (Å²) in [6, 6.07) is -0.324. The number of rotatable bonds is 4. The van der Waals surface area contributed by atoms with Crippen LogP contribution >= 0.6 is 11.8 Å². The molecule has 0 aromatic carbocycles. The van der Waals surface area contributed by atoms with E-state index in [4.69, 9.17) is 4.74 Å². The van der Waals surface area contributed by atoms with Gasteiger partial charge in [0.25, 0.3) is 5.91 Å². The third kappa shape index (κ3) is 2.75. The molecule has 1 aliphatic carbocycles. The number of nitrogens with one attached hydrogen (secondary N) is 1. The molecule has 2 aliphatic heterocycles. The topological polar surface area (TPSA) is 75.7 Å². The largest absolute Gasteiger partial charge is 0.451 e. The first-order valence-electron chi connectivity index (χ1n) is 7.38. The molecule has 2 heterocycles. The summed E-state index contributed by atoms with van der Waals surface area (Å²) in [6.45, 7) is 3.56. The molecule has 6 nitrogen and oxygen atoms in total. The SMILES string of the molecule is C[C@H](OC(=O)[C@@H]1CS[C@@]2(C)CCC(=O)N12)C(=O)NC1CC1. The second-order valence-electron chi connectivity index (χ2n) is 6.13. The molecule has 1 N–H and O–H groups in total. The molecule has 0 radical (unpaired) electrons. The molecule has 0 aromatic heterocycles. The van der Waals surface area contributed by atoms with Crippen molar-refractivity contribution in [2.75, 3.05) is 5.75 Å². The summed E-state index contributed by atoms with van der Waals surface area (Å²) in [5.74, 6) is -0.190. The summed E-state index contributed by atoms with van der Waals surface area (Å²) in [5.41, 5.74) is 0. The van der Waals surface area contributed by atoms with E-state index >= 15 is 0 Å². The molecule has 3 rings (SSSR count). The van der Waals surface area contributed by atoms with Gasteiger partial charge in [-0.3, -0.25) is 9.59 Å². The molecule has 116 valence electrons. The smallest absolute Gasteiger partial charge is 0.330 e. The van der Waals surface area contributed by atoms with Crippen molar-refractivity contribution in [2.24, 2.45) is 0 Å². The zero-order chi connectivity index (χ0) is 15.2. The van der Waals surface area contributed by atoms with E-state index in [1.807, 2.05) is 6.92 Å². The number of carbonyl (C=O) groups is 3. The standard InChI is InChI=1S/C14H20N2O4S/c1-8(12(18)15-9-3-4-9)20-13(19)10-7-21-14(2)6-5-11(17)16(10)14/h8-10H,3-7H2,1-2H3,(H,15,18)/t8-,10-,14-/m0/s1. The molecule has 3 aliphatic rings. The Balaban J connectivity index is 1.60. The van der Waals surface area contributed by atoms with Gasteiger partial charge in [-0.2, -0.15) is 0 Å². The van der Waals surface area contributed by atoms with E-state index < -0.39 is 18.1 Å². The Morgan fingerprint density at radius 3 is 2.86 bits per heavy atom. The highest BCUT2D eigenvalue weighted by Gasteiger charge is 2.53. The Bertz CT molecular complexity index is 493. The molecule has 0 unspecified atom stereocenters. The van der Waals surface area contributed by atoms with Crippen LogP contribution in [0.2, 0.25) is 0 Å². The van der Waals surface area contributed by atoms with E-state index in [-0.39, 0.29) is 22.7 Å². The lowest BCUT2D eigenvalue weighted by molar-refractivity contribution is -0.161. The summed E-state index contributed by atoms with van der Waals surface area (Å²) >= 11 is 1.62. The van der Waals surface area contributed by atoms with Crippen LogP contribution < -0.4 is 5.32 Å². The summed E-state index contributed by atoms with van der Waals surface area (Å²) in [7, 11) is 0. The van der Waals surface area contributed by atoms with Crippen molar-refractivity contribution in [2.45, 2.75) is 62.6 Å². The van der Waals surface area contributed by atoms with Crippen molar-refractivity contribution in [1.82, 2.24) is 10.2 Å². The Morgan fingerprint density at radius 1 is 1.48 bits per heavy atom. The van der Waals surface area contributed by atoms with Crippen LogP contribution in [0.1, 0.15) is 39.5 Å². The van der Waals surface area contributed by atoms with Crippen molar-refractivity contribution < 1.29 is 19.1 Å². The average Bonchev–Trinajstić information content (AvgIpc) is 3.09. The van der Waals surface area contributed by atoms with Crippen LogP contribution in [0, 0.1) is 0 Å². The van der Waals surface area contributed by atoms with Gasteiger partial charge in [0, 0.05) is 18.2 Å². The second-order valence-corrected chi connectivity index (χ2v) is 7.63. The first-order chi connectivity index (χ1) is 9.90. The summed E-state index contributed by atoms with van der Waals surface area (Å²) in [6.07, 6.45) is 2.41. The minimum Gasteiger partial charge on any atom is -0.451 e. The maximum atomic E-state index is 12.3. The fourth-order valence-corrected chi connectivity index (χ4v) is 4.26. The zero-order valence-corrected chi connectivity index (χ0v) is 13.1. The van der Waals surface area contributed by atoms with Gasteiger partial charge >= 0.3 is 5.97 Å². The zero-order valence-electron chi connectivity index (χ0n) is 12.3. The number of hydrogen-bond donors (Lipinski definition) is 1. The second kappa shape index (κ2) is 5.19. The summed E-state index contributed by atoms with van der Waals surface area (Å²) in [4.78, 5) is 37.4. The lowest BCUT2D eigenvalue weighted by Crippen LogP contribution is -2.48. The van der Waals surface area contributed by atoms with Crippen molar-refractivity contribution in [1.29, 1.82) is 0 Å². The Hall–Kier alpha value is -1.24. The molecule has 1 saturated carbocycles. The van der Waals surface area contributed by atoms with Gasteiger partial charge in [-0.1, -0.05) is 0 Å². The predicted molar refractivity (Wildman–Crippen MR) is 77.4 cm³/mol. The lowest BCUT2D eigenvalue weighted by Gasteiger charge is -2.29. The minimum atomic E-state index is -0.812. The highest BCUT2D eigenvalue weighted by molar-refractivity contribution is 8.01. The third-order valence-electron chi connectivity index (χ3n) is 4.30. The van der Waals surface area contributed by atoms with E-state index in [9.17, 15) is 14.4 Å². The van der Waals surface area contributed by atoms with Crippen LogP contribution in [0.5, 0.6) is 0 Å². The van der Waals surface area contributed by atoms with Crippen LogP contribution in [0.15, 0.2) is 0 Å². The fourth-order valence-electron chi connectivity index (χ4n) is 2.85. The van der Waals surface area contributed by atoms with Crippen molar-refractivity contribution in [3.63, 3.8) is 0 Å². The Morgan fingerprint density at radius 2 is 2.19 bits per heavy atom. The highest BCUT2D eigenvalue weighted by atomic mass is 32.2. The van der Waals surface area contributed by atoms with Crippen LogP contribution in [-0.4, -0.2) is 51.5 Å². The Labute approximate surface area is 127 Å². The van der Waals surface area contributed by atoms with E-state index in [1.54, 1.807) is 23.6 Å². The molecular formula is C14H20N2O4S. The van der Waals surface area contributed by atoms with Crippen molar-refractivity contribution in [3.05, 3.63) is 0 Å². The molecule has 21 heavy (non-hydrogen) atoms. The molecular weight excluding hydrogens is 292 g/mol. The van der Waals surface area contributed by atoms with Gasteiger partial charge < -0.3 is 15.0 Å². The molecule has 2 amide bonds. The molecule has 0 bridgehead atoms. The average molecular weight is 312 g/mol. The van der Waals surface area contributed by atoms with Gasteiger partial charge in [0.2, 0.25) is 5.91 Å². The van der Waals surface area contributed by atoms with Gasteiger partial charge in [-0.15, -0.1) is 11.8 Å². The number of thioether (sulfide) groups is 1. The van der Waals surface area contributed by atoms with Gasteiger partial charge in [-0.25, -0.2) is 4.79 Å². The molecule has 3 fully saturated rings. The number of ether oxygens (including phenoxy) is 1. The normalized spacial score (nSPS) is 32.8. The number of carbonyl (C=O) groups excluding carboxylic acids is 3. The summed E-state index contributed by atoms with van der Waals surface area (Å²) in [5, 5.41) is 2.81. The van der Waals surface area contributed by atoms with Gasteiger partial charge in [0.15, 0.2) is 6.10 Å². The van der Waals surface area contributed by atoms with Crippen molar-refractivity contribution >= 4 is 29.5 Å². The first kappa shape index (κ1) is 14.7. The Kier molecular flexibility index (Phi) is 3.63. The van der Waals surface area contributed by atoms with E-state index in [1.165, 1.54) is 0 Å². The predicted octanol–water partition coefficient (Wildman–Crippen LogP) is 0.651. The maximum absolute atomic E-state index is 12.3. The maximum Gasteiger partial charge on any atom is 0.330 e. The van der Waals surface area contributed by atoms with Gasteiger partial charge in [0.1, 0.15) is 6.04 Å². The van der Waals surface area contributed by atoms with E-state index in [2.05, 4.69) is 5.32 Å². The van der Waals surface area contributed by atoms with Crippen LogP contribution in [0.4, 0.5) is 0 Å². The molecule has 2 saturated heterocycles. The lowest BCUT2D eigenvalue weighted by atomic mass is 10.2. The molecule has 0 aromatic rings. The number of fused-ring (bicyclic) bond motifs is 1. The van der Waals surface area contributed by atoms with E-state index in [0.717, 1.165) is 19.3 Å². The number of nitrogens with zero attached hydrogens (tertiary/aromatic N) is 1.